The number of hydrogen-bond acceptors (Lipinski definition) is 1. The highest BCUT2D eigenvalue weighted by molar-refractivity contribution is 5.98. The van der Waals surface area contributed by atoms with Gasteiger partial charge in [0.15, 0.2) is 0 Å². The zero-order chi connectivity index (χ0) is 7.23. The standard InChI is InChI=1S/C8H10OSi/c10-9-7-6-8-4-2-1-3-5-8/h1-7H,10H3. The fourth-order valence-electron chi connectivity index (χ4n) is 0.711. The first-order chi connectivity index (χ1) is 4.93. The zero-order valence-corrected chi connectivity index (χ0v) is 7.95. The second-order valence-corrected chi connectivity index (χ2v) is 2.42. The molecule has 0 saturated heterocycles. The first-order valence-electron chi connectivity index (χ1n) is 3.18. The van der Waals surface area contributed by atoms with Gasteiger partial charge in [0, 0.05) is 0 Å². The average Bonchev–Trinajstić information content (AvgIpc) is 2.03. The molecular formula is C8H10OSi. The third-order valence-corrected chi connectivity index (χ3v) is 1.47. The molecular weight excluding hydrogens is 140 g/mol. The Morgan fingerprint density at radius 2 is 1.90 bits per heavy atom. The van der Waals surface area contributed by atoms with Crippen molar-refractivity contribution in [3.8, 4) is 0 Å². The largest absolute Gasteiger partial charge is 0.558 e. The molecule has 0 aliphatic carbocycles. The summed E-state index contributed by atoms with van der Waals surface area (Å²) in [5.74, 6) is 0. The van der Waals surface area contributed by atoms with Crippen LogP contribution in [0.4, 0.5) is 0 Å². The molecule has 0 fully saturated rings. The third kappa shape index (κ3) is 2.07. The molecule has 0 unspecified atom stereocenters. The van der Waals surface area contributed by atoms with Crippen LogP contribution in [0.15, 0.2) is 36.6 Å². The van der Waals surface area contributed by atoms with E-state index in [0.717, 1.165) is 10.5 Å². The van der Waals surface area contributed by atoms with Gasteiger partial charge in [-0.3, -0.25) is 0 Å². The lowest BCUT2D eigenvalue weighted by molar-refractivity contribution is 0.539. The Bertz CT molecular complexity index is 206. The molecule has 1 rings (SSSR count). The molecule has 0 bridgehead atoms. The summed E-state index contributed by atoms with van der Waals surface area (Å²) in [6, 6.07) is 10.1. The van der Waals surface area contributed by atoms with Gasteiger partial charge >= 0.3 is 0 Å². The van der Waals surface area contributed by atoms with E-state index in [1.54, 1.807) is 6.26 Å². The van der Waals surface area contributed by atoms with Crippen LogP contribution in [0.2, 0.25) is 0 Å². The summed E-state index contributed by atoms with van der Waals surface area (Å²) in [4.78, 5) is 0. The number of benzene rings is 1. The van der Waals surface area contributed by atoms with Crippen molar-refractivity contribution >= 4 is 16.6 Å². The molecule has 0 saturated carbocycles. The predicted octanol–water partition coefficient (Wildman–Crippen LogP) is 0.954. The molecule has 1 nitrogen and oxygen atoms in total. The highest BCUT2D eigenvalue weighted by Gasteiger charge is 1.79. The molecule has 0 aliphatic rings. The lowest BCUT2D eigenvalue weighted by atomic mass is 10.2. The van der Waals surface area contributed by atoms with Crippen molar-refractivity contribution in [3.63, 3.8) is 0 Å². The third-order valence-electron chi connectivity index (χ3n) is 1.20. The normalized spacial score (nSPS) is 10.4. The van der Waals surface area contributed by atoms with Gasteiger partial charge in [-0.25, -0.2) is 0 Å². The highest BCUT2D eigenvalue weighted by atomic mass is 28.2. The quantitative estimate of drug-likeness (QED) is 0.450. The Labute approximate surface area is 63.9 Å². The molecule has 1 aromatic carbocycles. The second kappa shape index (κ2) is 3.90. The number of hydrogen-bond donors (Lipinski definition) is 0. The van der Waals surface area contributed by atoms with Crippen LogP contribution in [0.3, 0.4) is 0 Å². The smallest absolute Gasteiger partial charge is 0.203 e. The van der Waals surface area contributed by atoms with Crippen LogP contribution in [-0.4, -0.2) is 10.5 Å². The second-order valence-electron chi connectivity index (χ2n) is 1.95. The van der Waals surface area contributed by atoms with Crippen molar-refractivity contribution < 1.29 is 4.43 Å². The van der Waals surface area contributed by atoms with Gasteiger partial charge in [-0.05, 0) is 11.6 Å². The monoisotopic (exact) mass is 150 g/mol. The minimum Gasteiger partial charge on any atom is -0.558 e. The molecule has 0 heterocycles. The van der Waals surface area contributed by atoms with Gasteiger partial charge in [0.05, 0.1) is 6.26 Å². The van der Waals surface area contributed by atoms with Crippen molar-refractivity contribution in [1.29, 1.82) is 0 Å². The van der Waals surface area contributed by atoms with Crippen molar-refractivity contribution in [2.45, 2.75) is 0 Å². The maximum Gasteiger partial charge on any atom is 0.203 e. The summed E-state index contributed by atoms with van der Waals surface area (Å²) in [7, 11) is 0.763. The van der Waals surface area contributed by atoms with E-state index in [2.05, 4.69) is 0 Å². The van der Waals surface area contributed by atoms with E-state index >= 15 is 0 Å². The van der Waals surface area contributed by atoms with E-state index in [1.807, 2.05) is 36.4 Å². The minimum atomic E-state index is 0.763. The maximum absolute atomic E-state index is 4.90. The summed E-state index contributed by atoms with van der Waals surface area (Å²) in [5, 5.41) is 0. The van der Waals surface area contributed by atoms with Gasteiger partial charge in [-0.2, -0.15) is 0 Å². The Balaban J connectivity index is 2.67. The summed E-state index contributed by atoms with van der Waals surface area (Å²) in [5.41, 5.74) is 1.18. The van der Waals surface area contributed by atoms with Crippen LogP contribution in [0.5, 0.6) is 0 Å². The topological polar surface area (TPSA) is 9.23 Å². The molecule has 0 aromatic heterocycles. The van der Waals surface area contributed by atoms with Gasteiger partial charge in [-0.1, -0.05) is 30.3 Å². The Morgan fingerprint density at radius 1 is 1.20 bits per heavy atom. The molecule has 0 aliphatic heterocycles. The van der Waals surface area contributed by atoms with E-state index in [0.29, 0.717) is 0 Å². The molecule has 0 atom stereocenters. The van der Waals surface area contributed by atoms with Gasteiger partial charge in [0.1, 0.15) is 0 Å². The van der Waals surface area contributed by atoms with Crippen molar-refractivity contribution in [3.05, 3.63) is 42.2 Å². The van der Waals surface area contributed by atoms with E-state index in [4.69, 9.17) is 4.43 Å². The molecule has 1 aromatic rings. The summed E-state index contributed by atoms with van der Waals surface area (Å²) in [6.07, 6.45) is 3.68. The van der Waals surface area contributed by atoms with Crippen molar-refractivity contribution in [2.75, 3.05) is 0 Å². The summed E-state index contributed by atoms with van der Waals surface area (Å²) >= 11 is 0. The molecule has 0 spiro atoms. The maximum atomic E-state index is 4.90. The van der Waals surface area contributed by atoms with Crippen LogP contribution in [-0.2, 0) is 4.43 Å². The van der Waals surface area contributed by atoms with Gasteiger partial charge in [0.2, 0.25) is 10.5 Å². The molecule has 52 valence electrons. The van der Waals surface area contributed by atoms with Crippen LogP contribution in [0.25, 0.3) is 6.08 Å². The van der Waals surface area contributed by atoms with Crippen molar-refractivity contribution in [1.82, 2.24) is 0 Å². The molecule has 0 N–H and O–H groups in total. The predicted molar refractivity (Wildman–Crippen MR) is 46.5 cm³/mol. The fourth-order valence-corrected chi connectivity index (χ4v) is 0.847. The Kier molecular flexibility index (Phi) is 2.77. The van der Waals surface area contributed by atoms with Gasteiger partial charge in [-0.15, -0.1) is 0 Å². The lowest BCUT2D eigenvalue weighted by Gasteiger charge is -1.90. The van der Waals surface area contributed by atoms with E-state index in [1.165, 1.54) is 5.56 Å². The van der Waals surface area contributed by atoms with Crippen LogP contribution < -0.4 is 0 Å². The lowest BCUT2D eigenvalue weighted by Crippen LogP contribution is -1.70. The molecule has 0 radical (unpaired) electrons. The van der Waals surface area contributed by atoms with Crippen LogP contribution >= 0.6 is 0 Å². The zero-order valence-electron chi connectivity index (χ0n) is 5.95. The first kappa shape index (κ1) is 7.09. The molecule has 0 amide bonds. The SMILES string of the molecule is [SiH3]OC=Cc1ccccc1. The molecule has 10 heavy (non-hydrogen) atoms. The van der Waals surface area contributed by atoms with Crippen LogP contribution in [0.1, 0.15) is 5.56 Å². The van der Waals surface area contributed by atoms with Gasteiger partial charge in [0.25, 0.3) is 0 Å². The van der Waals surface area contributed by atoms with E-state index < -0.39 is 0 Å². The molecule has 2 heteroatoms. The summed E-state index contributed by atoms with van der Waals surface area (Å²) in [6.45, 7) is 0. The van der Waals surface area contributed by atoms with E-state index in [9.17, 15) is 0 Å². The first-order valence-corrected chi connectivity index (χ1v) is 3.99. The van der Waals surface area contributed by atoms with Crippen LogP contribution in [0, 0.1) is 0 Å². The highest BCUT2D eigenvalue weighted by Crippen LogP contribution is 1.99. The fraction of sp³-hybridized carbons (Fsp3) is 0. The number of rotatable bonds is 2. The Morgan fingerprint density at radius 3 is 2.50 bits per heavy atom. The average molecular weight is 150 g/mol. The van der Waals surface area contributed by atoms with Crippen molar-refractivity contribution in [2.24, 2.45) is 0 Å². The minimum absolute atomic E-state index is 0.763. The van der Waals surface area contributed by atoms with E-state index in [-0.39, 0.29) is 0 Å². The Hall–Kier alpha value is -1.02. The summed E-state index contributed by atoms with van der Waals surface area (Å²) < 4.78 is 4.90. The van der Waals surface area contributed by atoms with Gasteiger partial charge < -0.3 is 4.43 Å².